The second-order valence-electron chi connectivity index (χ2n) is 20.8. The van der Waals surface area contributed by atoms with Crippen LogP contribution in [0.15, 0.2) is 36.5 Å². The number of nitrogens with zero attached hydrogens (tertiary/aromatic N) is 3. The zero-order valence-corrected chi connectivity index (χ0v) is 42.4. The zero-order chi connectivity index (χ0) is 50.6. The molecule has 18 heteroatoms. The lowest BCUT2D eigenvalue weighted by Crippen LogP contribution is -2.61. The number of esters is 2. The SMILES string of the molecule is CC[C@H]1OC(=O)[C@H](C)[C@@H](O[C@H]2C[C@@](C)(OC)[C@@H](O)[C@H](C)O2)[C@H](C)[C@@H](O[C@@H]2O[C@H](C)CC(N(C)CC(O)COC(=O)c3cnc4ccccc4c3)[C@H]2O)[C@](C)(O)C[C@@H](C)CN(C)[C@H](C)[C@@H](O)[C@]1(C)O. The molecule has 19 atom stereocenters. The van der Waals surface area contributed by atoms with E-state index in [1.165, 1.54) is 20.2 Å². The molecule has 0 saturated carbocycles. The number of hydrogen-bond donors (Lipinski definition) is 6. The molecule has 5 rings (SSSR count). The number of carbonyl (C=O) groups excluding carboxylic acids is 2. The van der Waals surface area contributed by atoms with Crippen molar-refractivity contribution >= 4 is 22.8 Å². The van der Waals surface area contributed by atoms with E-state index in [2.05, 4.69) is 4.98 Å². The minimum absolute atomic E-state index is 0.0101. The zero-order valence-electron chi connectivity index (χ0n) is 42.4. The molecule has 0 amide bonds. The highest BCUT2D eigenvalue weighted by molar-refractivity contribution is 5.93. The molecule has 68 heavy (non-hydrogen) atoms. The van der Waals surface area contributed by atoms with Crippen molar-refractivity contribution in [3.63, 3.8) is 0 Å². The number of benzene rings is 1. The van der Waals surface area contributed by atoms with Gasteiger partial charge >= 0.3 is 11.9 Å². The minimum atomic E-state index is -1.86. The minimum Gasteiger partial charge on any atom is -0.459 e. The van der Waals surface area contributed by atoms with Crippen LogP contribution < -0.4 is 0 Å². The van der Waals surface area contributed by atoms with Gasteiger partial charge in [0.15, 0.2) is 12.6 Å². The number of cyclic esters (lactones) is 1. The number of likely N-dealkylation sites (N-methyl/N-ethyl adjacent to an activating group) is 2. The lowest BCUT2D eigenvalue weighted by Gasteiger charge is -2.49. The number of carbonyl (C=O) groups is 2. The molecule has 0 spiro atoms. The van der Waals surface area contributed by atoms with Crippen molar-refractivity contribution in [1.29, 1.82) is 0 Å². The summed E-state index contributed by atoms with van der Waals surface area (Å²) in [7, 11) is 5.03. The predicted molar refractivity (Wildman–Crippen MR) is 251 cm³/mol. The van der Waals surface area contributed by atoms with Crippen LogP contribution >= 0.6 is 0 Å². The summed E-state index contributed by atoms with van der Waals surface area (Å²) in [6.07, 6.45) is -9.60. The lowest BCUT2D eigenvalue weighted by atomic mass is 9.77. The van der Waals surface area contributed by atoms with Gasteiger partial charge in [0.05, 0.1) is 52.6 Å². The first kappa shape index (κ1) is 56.0. The van der Waals surface area contributed by atoms with E-state index in [1.807, 2.05) is 50.1 Å². The van der Waals surface area contributed by atoms with E-state index in [9.17, 15) is 40.2 Å². The van der Waals surface area contributed by atoms with Crippen molar-refractivity contribution < 1.29 is 73.4 Å². The summed E-state index contributed by atoms with van der Waals surface area (Å²) < 4.78 is 43.5. The Morgan fingerprint density at radius 2 is 1.68 bits per heavy atom. The fraction of sp³-hybridized carbons (Fsp3) is 0.780. The Balaban J connectivity index is 1.44. The van der Waals surface area contributed by atoms with Gasteiger partial charge in [-0.2, -0.15) is 0 Å². The number of hydrogen-bond acceptors (Lipinski definition) is 18. The Labute approximate surface area is 402 Å². The maximum absolute atomic E-state index is 14.4. The topological polar surface area (TPSA) is 240 Å². The fourth-order valence-electron chi connectivity index (χ4n) is 10.6. The maximum Gasteiger partial charge on any atom is 0.339 e. The number of aromatic nitrogens is 1. The van der Waals surface area contributed by atoms with Crippen LogP contribution in [0.5, 0.6) is 0 Å². The molecule has 3 aliphatic heterocycles. The molecule has 0 aliphatic carbocycles. The van der Waals surface area contributed by atoms with Gasteiger partial charge < -0.3 is 68.7 Å². The molecular formula is C50H81N3O15. The first-order valence-electron chi connectivity index (χ1n) is 24.2. The average molecular weight is 964 g/mol. The van der Waals surface area contributed by atoms with Gasteiger partial charge in [-0.05, 0) is 99.9 Å². The number of aliphatic hydroxyl groups excluding tert-OH is 4. The molecule has 6 N–H and O–H groups in total. The Kier molecular flexibility index (Phi) is 19.0. The van der Waals surface area contributed by atoms with Crippen LogP contribution in [0, 0.1) is 17.8 Å². The molecule has 18 nitrogen and oxygen atoms in total. The summed E-state index contributed by atoms with van der Waals surface area (Å²) in [5.74, 6) is -3.58. The lowest BCUT2D eigenvalue weighted by molar-refractivity contribution is -0.318. The largest absolute Gasteiger partial charge is 0.459 e. The number of aliphatic hydroxyl groups is 6. The molecular weight excluding hydrogens is 883 g/mol. The molecule has 3 aliphatic rings. The molecule has 1 aromatic carbocycles. The fourth-order valence-corrected chi connectivity index (χ4v) is 10.6. The normalized spacial score (nSPS) is 41.1. The van der Waals surface area contributed by atoms with Crippen LogP contribution in [-0.2, 0) is 38.0 Å². The molecule has 4 heterocycles. The number of methoxy groups -OCH3 is 1. The van der Waals surface area contributed by atoms with E-state index in [0.29, 0.717) is 13.0 Å². The van der Waals surface area contributed by atoms with Gasteiger partial charge in [-0.25, -0.2) is 4.79 Å². The van der Waals surface area contributed by atoms with E-state index >= 15 is 0 Å². The summed E-state index contributed by atoms with van der Waals surface area (Å²) in [6, 6.07) is 7.83. The van der Waals surface area contributed by atoms with Crippen molar-refractivity contribution in [2.45, 2.75) is 191 Å². The monoisotopic (exact) mass is 964 g/mol. The van der Waals surface area contributed by atoms with E-state index in [1.54, 1.807) is 66.5 Å². The van der Waals surface area contributed by atoms with Gasteiger partial charge in [-0.3, -0.25) is 14.7 Å². The highest BCUT2D eigenvalue weighted by Crippen LogP contribution is 2.40. The van der Waals surface area contributed by atoms with Gasteiger partial charge in [0.1, 0.15) is 42.7 Å². The van der Waals surface area contributed by atoms with E-state index < -0.39 is 120 Å². The first-order valence-corrected chi connectivity index (χ1v) is 24.2. The smallest absolute Gasteiger partial charge is 0.339 e. The second-order valence-corrected chi connectivity index (χ2v) is 20.8. The standard InChI is InChI=1S/C50H81N3O15/c1-14-38-50(10,61)42(56)31(6)52(11)24-27(2)21-48(8,60)44(29(4)41(30(5)45(58)66-38)67-39-22-49(9,62-13)43(57)32(7)65-39)68-47-40(55)37(19-28(3)64-47)53(12)25-35(54)26-63-46(59)34-20-33-17-15-16-18-36(33)51-23-34/h15-18,20,23,27-32,35,37-44,47,54-57,60-61H,14,19,21-22,24-26H2,1-13H3/t27-,28-,29+,30-,31-,32+,35?,37?,38-,39+,40-,41+,42-,43+,44-,47+,48-,49-,50-/m1/s1. The molecule has 0 bridgehead atoms. The molecule has 386 valence electrons. The van der Waals surface area contributed by atoms with Crippen molar-refractivity contribution in [2.75, 3.05) is 40.9 Å². The molecule has 3 saturated heterocycles. The number of fused-ring (bicyclic) bond motifs is 1. The summed E-state index contributed by atoms with van der Waals surface area (Å²) in [5, 5.41) is 71.3. The first-order chi connectivity index (χ1) is 31.7. The van der Waals surface area contributed by atoms with Crippen LogP contribution in [0.25, 0.3) is 10.9 Å². The Morgan fingerprint density at radius 3 is 2.34 bits per heavy atom. The van der Waals surface area contributed by atoms with Crippen LogP contribution in [0.1, 0.15) is 105 Å². The van der Waals surface area contributed by atoms with Gasteiger partial charge in [-0.1, -0.05) is 39.0 Å². The third-order valence-corrected chi connectivity index (χ3v) is 14.8. The summed E-state index contributed by atoms with van der Waals surface area (Å²) in [6.45, 7) is 17.3. The number of ether oxygens (including phenoxy) is 7. The summed E-state index contributed by atoms with van der Waals surface area (Å²) >= 11 is 0. The van der Waals surface area contributed by atoms with Crippen molar-refractivity contribution in [1.82, 2.24) is 14.8 Å². The molecule has 1 aromatic heterocycles. The van der Waals surface area contributed by atoms with Gasteiger partial charge in [-0.15, -0.1) is 0 Å². The molecule has 3 fully saturated rings. The summed E-state index contributed by atoms with van der Waals surface area (Å²) in [5.41, 5.74) is -3.65. The van der Waals surface area contributed by atoms with E-state index in [4.69, 9.17) is 33.2 Å². The highest BCUT2D eigenvalue weighted by Gasteiger charge is 2.53. The van der Waals surface area contributed by atoms with Gasteiger partial charge in [0.2, 0.25) is 0 Å². The van der Waals surface area contributed by atoms with Crippen molar-refractivity contribution in [3.8, 4) is 0 Å². The molecule has 0 radical (unpaired) electrons. The van der Waals surface area contributed by atoms with E-state index in [0.717, 1.165) is 10.9 Å². The van der Waals surface area contributed by atoms with Crippen molar-refractivity contribution in [2.24, 2.45) is 17.8 Å². The van der Waals surface area contributed by atoms with Crippen LogP contribution in [0.4, 0.5) is 0 Å². The third-order valence-electron chi connectivity index (χ3n) is 14.8. The Hall–Kier alpha value is -2.95. The molecule has 2 aromatic rings. The van der Waals surface area contributed by atoms with Gasteiger partial charge in [0.25, 0.3) is 0 Å². The predicted octanol–water partition coefficient (Wildman–Crippen LogP) is 3.04. The highest BCUT2D eigenvalue weighted by atomic mass is 16.7. The number of para-hydroxylation sites is 1. The average Bonchev–Trinajstić information content (AvgIpc) is 3.28. The Morgan fingerprint density at radius 1 is 1.00 bits per heavy atom. The van der Waals surface area contributed by atoms with Crippen LogP contribution in [-0.4, -0.2) is 195 Å². The Bertz CT molecular complexity index is 1960. The summed E-state index contributed by atoms with van der Waals surface area (Å²) in [4.78, 5) is 35.4. The number of pyridine rings is 1. The van der Waals surface area contributed by atoms with E-state index in [-0.39, 0.29) is 43.9 Å². The maximum atomic E-state index is 14.4. The van der Waals surface area contributed by atoms with Crippen molar-refractivity contribution in [3.05, 3.63) is 42.1 Å². The van der Waals surface area contributed by atoms with Crippen LogP contribution in [0.2, 0.25) is 0 Å². The quantitative estimate of drug-likeness (QED) is 0.168. The number of rotatable bonds is 12. The molecule has 2 unspecified atom stereocenters. The third kappa shape index (κ3) is 12.9. The second kappa shape index (κ2) is 23.1. The van der Waals surface area contributed by atoms with Crippen LogP contribution in [0.3, 0.4) is 0 Å². The van der Waals surface area contributed by atoms with Gasteiger partial charge in [0, 0.05) is 56.2 Å².